The molecule has 1 aliphatic rings. The van der Waals surface area contributed by atoms with E-state index in [-0.39, 0.29) is 5.02 Å². The van der Waals surface area contributed by atoms with Gasteiger partial charge in [0.15, 0.2) is 0 Å². The van der Waals surface area contributed by atoms with Crippen LogP contribution < -0.4 is 0 Å². The summed E-state index contributed by atoms with van der Waals surface area (Å²) in [7, 11) is 0. The highest BCUT2D eigenvalue weighted by molar-refractivity contribution is 6.30. The summed E-state index contributed by atoms with van der Waals surface area (Å²) in [5, 5.41) is 10.6. The molecule has 0 saturated carbocycles. The normalized spacial score (nSPS) is 25.6. The Bertz CT molecular complexity index is 387. The van der Waals surface area contributed by atoms with Gasteiger partial charge in [0.25, 0.3) is 0 Å². The van der Waals surface area contributed by atoms with E-state index in [4.69, 9.17) is 16.3 Å². The number of rotatable bonds is 2. The predicted octanol–water partition coefficient (Wildman–Crippen LogP) is 2.95. The van der Waals surface area contributed by atoms with Gasteiger partial charge in [0, 0.05) is 19.6 Å². The first-order valence-corrected chi connectivity index (χ1v) is 6.21. The van der Waals surface area contributed by atoms with Crippen molar-refractivity contribution in [1.82, 2.24) is 0 Å². The third-order valence-corrected chi connectivity index (χ3v) is 3.45. The standard InChI is InChI=1S/C13H16ClFO2/c14-11-8-10(2-3-12(11)15)9-13(16)4-1-6-17-7-5-13/h2-3,8,16H,1,4-7,9H2. The molecule has 1 aliphatic heterocycles. The van der Waals surface area contributed by atoms with Crippen LogP contribution in [0.1, 0.15) is 24.8 Å². The molecule has 1 heterocycles. The Morgan fingerprint density at radius 2 is 2.18 bits per heavy atom. The lowest BCUT2D eigenvalue weighted by atomic mass is 9.88. The summed E-state index contributed by atoms with van der Waals surface area (Å²) in [5.41, 5.74) is 0.110. The molecule has 1 aromatic carbocycles. The van der Waals surface area contributed by atoms with Crippen molar-refractivity contribution in [1.29, 1.82) is 0 Å². The van der Waals surface area contributed by atoms with Crippen molar-refractivity contribution in [2.45, 2.75) is 31.3 Å². The lowest BCUT2D eigenvalue weighted by Gasteiger charge is -2.26. The molecule has 0 aliphatic carbocycles. The molecular formula is C13H16ClFO2. The highest BCUT2D eigenvalue weighted by Crippen LogP contribution is 2.27. The summed E-state index contributed by atoms with van der Waals surface area (Å²) in [5.74, 6) is -0.424. The zero-order chi connectivity index (χ0) is 12.3. The van der Waals surface area contributed by atoms with E-state index in [9.17, 15) is 9.50 Å². The fourth-order valence-corrected chi connectivity index (χ4v) is 2.40. The van der Waals surface area contributed by atoms with Crippen molar-refractivity contribution in [2.24, 2.45) is 0 Å². The van der Waals surface area contributed by atoms with E-state index >= 15 is 0 Å². The van der Waals surface area contributed by atoms with Crippen molar-refractivity contribution >= 4 is 11.6 Å². The van der Waals surface area contributed by atoms with E-state index in [0.717, 1.165) is 12.0 Å². The zero-order valence-electron chi connectivity index (χ0n) is 9.59. The first kappa shape index (κ1) is 12.8. The summed E-state index contributed by atoms with van der Waals surface area (Å²) >= 11 is 5.73. The third-order valence-electron chi connectivity index (χ3n) is 3.16. The maximum Gasteiger partial charge on any atom is 0.141 e. The van der Waals surface area contributed by atoms with E-state index in [1.165, 1.54) is 6.07 Å². The largest absolute Gasteiger partial charge is 0.389 e. The highest BCUT2D eigenvalue weighted by Gasteiger charge is 2.28. The average molecular weight is 259 g/mol. The lowest BCUT2D eigenvalue weighted by molar-refractivity contribution is 0.0188. The van der Waals surface area contributed by atoms with Gasteiger partial charge in [-0.3, -0.25) is 0 Å². The number of benzene rings is 1. The molecule has 17 heavy (non-hydrogen) atoms. The Balaban J connectivity index is 2.10. The minimum absolute atomic E-state index is 0.107. The molecule has 0 bridgehead atoms. The SMILES string of the molecule is OC1(Cc2ccc(F)c(Cl)c2)CCCOCC1. The number of halogens is 2. The van der Waals surface area contributed by atoms with Gasteiger partial charge < -0.3 is 9.84 Å². The molecule has 0 aromatic heterocycles. The van der Waals surface area contributed by atoms with E-state index in [2.05, 4.69) is 0 Å². The van der Waals surface area contributed by atoms with Gasteiger partial charge in [0.1, 0.15) is 5.82 Å². The minimum atomic E-state index is -0.752. The van der Waals surface area contributed by atoms with Crippen molar-refractivity contribution in [3.8, 4) is 0 Å². The van der Waals surface area contributed by atoms with Gasteiger partial charge in [-0.1, -0.05) is 17.7 Å². The number of hydrogen-bond acceptors (Lipinski definition) is 2. The Labute approximate surface area is 105 Å². The molecule has 94 valence electrons. The molecule has 4 heteroatoms. The number of aliphatic hydroxyl groups is 1. The molecule has 2 rings (SSSR count). The van der Waals surface area contributed by atoms with Crippen LogP contribution in [0.25, 0.3) is 0 Å². The number of ether oxygens (including phenoxy) is 1. The van der Waals surface area contributed by atoms with Crippen LogP contribution in [0.2, 0.25) is 5.02 Å². The zero-order valence-corrected chi connectivity index (χ0v) is 10.3. The monoisotopic (exact) mass is 258 g/mol. The van der Waals surface area contributed by atoms with Crippen LogP contribution in [0, 0.1) is 5.82 Å². The number of hydrogen-bond donors (Lipinski definition) is 1. The van der Waals surface area contributed by atoms with Crippen LogP contribution in [-0.2, 0) is 11.2 Å². The predicted molar refractivity (Wildman–Crippen MR) is 64.7 cm³/mol. The highest BCUT2D eigenvalue weighted by atomic mass is 35.5. The quantitative estimate of drug-likeness (QED) is 0.884. The second kappa shape index (κ2) is 5.34. The lowest BCUT2D eigenvalue weighted by Crippen LogP contribution is -2.31. The molecule has 1 saturated heterocycles. The summed E-state index contributed by atoms with van der Waals surface area (Å²) in [6.45, 7) is 1.28. The molecule has 0 radical (unpaired) electrons. The van der Waals surface area contributed by atoms with Gasteiger partial charge in [-0.15, -0.1) is 0 Å². The van der Waals surface area contributed by atoms with Gasteiger partial charge >= 0.3 is 0 Å². The van der Waals surface area contributed by atoms with E-state index in [0.29, 0.717) is 32.5 Å². The van der Waals surface area contributed by atoms with Gasteiger partial charge in [-0.05, 0) is 37.0 Å². The van der Waals surface area contributed by atoms with Crippen molar-refractivity contribution in [3.05, 3.63) is 34.6 Å². The Hall–Kier alpha value is -0.640. The second-order valence-electron chi connectivity index (χ2n) is 4.62. The molecule has 1 aromatic rings. The third kappa shape index (κ3) is 3.41. The average Bonchev–Trinajstić information content (AvgIpc) is 2.49. The van der Waals surface area contributed by atoms with E-state index in [1.54, 1.807) is 12.1 Å². The minimum Gasteiger partial charge on any atom is -0.389 e. The molecule has 1 fully saturated rings. The van der Waals surface area contributed by atoms with Crippen molar-refractivity contribution in [2.75, 3.05) is 13.2 Å². The van der Waals surface area contributed by atoms with Gasteiger partial charge in [0.05, 0.1) is 10.6 Å². The topological polar surface area (TPSA) is 29.5 Å². The maximum atomic E-state index is 13.0. The molecule has 2 nitrogen and oxygen atoms in total. The Morgan fingerprint density at radius 3 is 2.94 bits per heavy atom. The summed E-state index contributed by atoms with van der Waals surface area (Å²) in [4.78, 5) is 0. The summed E-state index contributed by atoms with van der Waals surface area (Å²) in [6, 6.07) is 4.60. The smallest absolute Gasteiger partial charge is 0.141 e. The molecular weight excluding hydrogens is 243 g/mol. The fourth-order valence-electron chi connectivity index (χ4n) is 2.20. The Morgan fingerprint density at radius 1 is 1.35 bits per heavy atom. The molecule has 1 unspecified atom stereocenters. The first-order chi connectivity index (χ1) is 8.09. The summed E-state index contributed by atoms with van der Waals surface area (Å²) in [6.07, 6.45) is 2.67. The summed E-state index contributed by atoms with van der Waals surface area (Å²) < 4.78 is 18.3. The van der Waals surface area contributed by atoms with Gasteiger partial charge in [0.2, 0.25) is 0 Å². The van der Waals surface area contributed by atoms with Gasteiger partial charge in [-0.2, -0.15) is 0 Å². The van der Waals surface area contributed by atoms with E-state index in [1.807, 2.05) is 0 Å². The van der Waals surface area contributed by atoms with Crippen LogP contribution in [0.5, 0.6) is 0 Å². The maximum absolute atomic E-state index is 13.0. The van der Waals surface area contributed by atoms with E-state index < -0.39 is 11.4 Å². The molecule has 1 N–H and O–H groups in total. The first-order valence-electron chi connectivity index (χ1n) is 5.83. The van der Waals surface area contributed by atoms with Crippen LogP contribution in [0.4, 0.5) is 4.39 Å². The fraction of sp³-hybridized carbons (Fsp3) is 0.538. The molecule has 1 atom stereocenters. The van der Waals surface area contributed by atoms with Crippen molar-refractivity contribution < 1.29 is 14.2 Å². The van der Waals surface area contributed by atoms with Crippen molar-refractivity contribution in [3.63, 3.8) is 0 Å². The Kier molecular flexibility index (Phi) is 4.02. The second-order valence-corrected chi connectivity index (χ2v) is 5.02. The van der Waals surface area contributed by atoms with Gasteiger partial charge in [-0.25, -0.2) is 4.39 Å². The van der Waals surface area contributed by atoms with Crippen LogP contribution in [0.3, 0.4) is 0 Å². The van der Waals surface area contributed by atoms with Crippen LogP contribution in [-0.4, -0.2) is 23.9 Å². The molecule has 0 amide bonds. The van der Waals surface area contributed by atoms with Crippen LogP contribution >= 0.6 is 11.6 Å². The van der Waals surface area contributed by atoms with Crippen LogP contribution in [0.15, 0.2) is 18.2 Å². The molecule has 0 spiro atoms.